The van der Waals surface area contributed by atoms with Crippen molar-refractivity contribution < 1.29 is 8.42 Å². The van der Waals surface area contributed by atoms with E-state index in [2.05, 4.69) is 11.1 Å². The van der Waals surface area contributed by atoms with E-state index >= 15 is 0 Å². The molecule has 0 atom stereocenters. The zero-order valence-corrected chi connectivity index (χ0v) is 16.0. The zero-order chi connectivity index (χ0) is 20.4. The minimum Gasteiger partial charge on any atom is -0.368 e. The second-order valence-corrected chi connectivity index (χ2v) is 8.10. The Balaban J connectivity index is 1.95. The number of benzene rings is 3. The highest BCUT2D eigenvalue weighted by molar-refractivity contribution is 7.90. The third-order valence-corrected chi connectivity index (χ3v) is 6.26. The van der Waals surface area contributed by atoms with E-state index in [1.54, 1.807) is 36.4 Å². The SMILES string of the molecule is N#C/C=C(\c1ccccc1)c1ccc2nc(N)n(S(=O)(=O)c3ccccc3)c2c1. The molecule has 1 aromatic heterocycles. The number of nitrogens with two attached hydrogens (primary N) is 1. The molecule has 4 aromatic rings. The number of nitrogens with zero attached hydrogens (tertiary/aromatic N) is 3. The molecule has 2 N–H and O–H groups in total. The number of rotatable bonds is 4. The molecule has 0 unspecified atom stereocenters. The van der Waals surface area contributed by atoms with Crippen LogP contribution in [0.25, 0.3) is 16.6 Å². The summed E-state index contributed by atoms with van der Waals surface area (Å²) in [6, 6.07) is 24.7. The standard InChI is InChI=1S/C22H16N4O2S/c23-14-13-19(16-7-3-1-4-8-16)17-11-12-20-21(15-17)26(22(24)25-20)29(27,28)18-9-5-2-6-10-18/h1-13,15H,(H2,24,25)/b19-13+. The largest absolute Gasteiger partial charge is 0.368 e. The maximum atomic E-state index is 13.2. The first-order valence-corrected chi connectivity index (χ1v) is 10.2. The van der Waals surface area contributed by atoms with Gasteiger partial charge in [-0.15, -0.1) is 0 Å². The van der Waals surface area contributed by atoms with Crippen LogP contribution in [0.15, 0.2) is 89.8 Å². The normalized spacial score (nSPS) is 12.0. The quantitative estimate of drug-likeness (QED) is 0.525. The molecule has 0 saturated heterocycles. The Bertz CT molecular complexity index is 1370. The summed E-state index contributed by atoms with van der Waals surface area (Å²) >= 11 is 0. The summed E-state index contributed by atoms with van der Waals surface area (Å²) in [6.45, 7) is 0. The van der Waals surface area contributed by atoms with Gasteiger partial charge in [-0.2, -0.15) is 5.26 Å². The number of hydrogen-bond donors (Lipinski definition) is 1. The molecule has 0 fully saturated rings. The molecule has 6 nitrogen and oxygen atoms in total. The molecule has 0 saturated carbocycles. The van der Waals surface area contributed by atoms with E-state index < -0.39 is 10.0 Å². The smallest absolute Gasteiger partial charge is 0.271 e. The van der Waals surface area contributed by atoms with Crippen LogP contribution in [-0.4, -0.2) is 17.4 Å². The van der Waals surface area contributed by atoms with Crippen LogP contribution in [0.1, 0.15) is 11.1 Å². The van der Waals surface area contributed by atoms with Crippen LogP contribution in [0.5, 0.6) is 0 Å². The van der Waals surface area contributed by atoms with Gasteiger partial charge >= 0.3 is 0 Å². The van der Waals surface area contributed by atoms with Crippen molar-refractivity contribution in [1.82, 2.24) is 8.96 Å². The van der Waals surface area contributed by atoms with Gasteiger partial charge in [0.2, 0.25) is 5.95 Å². The van der Waals surface area contributed by atoms with Crippen LogP contribution < -0.4 is 5.73 Å². The molecule has 29 heavy (non-hydrogen) atoms. The third kappa shape index (κ3) is 3.26. The van der Waals surface area contributed by atoms with Gasteiger partial charge in [0.05, 0.1) is 22.0 Å². The van der Waals surface area contributed by atoms with Gasteiger partial charge in [-0.25, -0.2) is 17.4 Å². The lowest BCUT2D eigenvalue weighted by atomic mass is 9.97. The first-order valence-electron chi connectivity index (χ1n) is 8.76. The molecule has 0 aliphatic carbocycles. The number of imidazole rings is 1. The van der Waals surface area contributed by atoms with Gasteiger partial charge in [-0.3, -0.25) is 0 Å². The summed E-state index contributed by atoms with van der Waals surface area (Å²) in [6.07, 6.45) is 1.44. The van der Waals surface area contributed by atoms with E-state index in [9.17, 15) is 13.7 Å². The van der Waals surface area contributed by atoms with Crippen molar-refractivity contribution >= 4 is 32.6 Å². The van der Waals surface area contributed by atoms with E-state index in [0.717, 1.165) is 9.54 Å². The Hall–Kier alpha value is -3.89. The van der Waals surface area contributed by atoms with Gasteiger partial charge in [0.1, 0.15) is 0 Å². The molecule has 0 bridgehead atoms. The highest BCUT2D eigenvalue weighted by Gasteiger charge is 2.23. The Morgan fingerprint density at radius 3 is 2.28 bits per heavy atom. The van der Waals surface area contributed by atoms with Crippen molar-refractivity contribution in [3.8, 4) is 6.07 Å². The molecule has 0 radical (unpaired) electrons. The van der Waals surface area contributed by atoms with Crippen LogP contribution in [0.2, 0.25) is 0 Å². The van der Waals surface area contributed by atoms with Crippen molar-refractivity contribution in [2.75, 3.05) is 5.73 Å². The summed E-state index contributed by atoms with van der Waals surface area (Å²) in [5.41, 5.74) is 9.00. The summed E-state index contributed by atoms with van der Waals surface area (Å²) in [7, 11) is -3.93. The Kier molecular flexibility index (Phi) is 4.63. The van der Waals surface area contributed by atoms with Gasteiger partial charge in [0.15, 0.2) is 0 Å². The number of aromatic nitrogens is 2. The fraction of sp³-hybridized carbons (Fsp3) is 0. The number of allylic oxidation sites excluding steroid dienone is 1. The van der Waals surface area contributed by atoms with Crippen molar-refractivity contribution in [2.24, 2.45) is 0 Å². The average Bonchev–Trinajstić information content (AvgIpc) is 3.09. The van der Waals surface area contributed by atoms with E-state index in [0.29, 0.717) is 22.2 Å². The predicted molar refractivity (Wildman–Crippen MR) is 112 cm³/mol. The maximum absolute atomic E-state index is 13.2. The van der Waals surface area contributed by atoms with Gasteiger partial charge in [0, 0.05) is 6.08 Å². The lowest BCUT2D eigenvalue weighted by molar-refractivity contribution is 0.589. The zero-order valence-electron chi connectivity index (χ0n) is 15.2. The van der Waals surface area contributed by atoms with Crippen molar-refractivity contribution in [2.45, 2.75) is 4.90 Å². The molecule has 4 rings (SSSR count). The van der Waals surface area contributed by atoms with Gasteiger partial charge < -0.3 is 5.73 Å². The van der Waals surface area contributed by atoms with Gasteiger partial charge in [-0.05, 0) is 41.0 Å². The lowest BCUT2D eigenvalue weighted by Crippen LogP contribution is -2.15. The van der Waals surface area contributed by atoms with E-state index in [-0.39, 0.29) is 10.8 Å². The minimum atomic E-state index is -3.93. The molecule has 0 amide bonds. The second-order valence-electron chi connectivity index (χ2n) is 6.31. The topological polar surface area (TPSA) is 102 Å². The summed E-state index contributed by atoms with van der Waals surface area (Å²) in [5.74, 6) is -0.119. The molecule has 0 spiro atoms. The van der Waals surface area contributed by atoms with E-state index in [1.807, 2.05) is 30.3 Å². The summed E-state index contributed by atoms with van der Waals surface area (Å²) in [5, 5.41) is 9.25. The molecule has 3 aromatic carbocycles. The molecular formula is C22H16N4O2S. The summed E-state index contributed by atoms with van der Waals surface area (Å²) in [4.78, 5) is 4.32. The van der Waals surface area contributed by atoms with Gasteiger partial charge in [0.25, 0.3) is 10.0 Å². The van der Waals surface area contributed by atoms with Crippen LogP contribution in [0.4, 0.5) is 5.95 Å². The first-order chi connectivity index (χ1) is 14.0. The highest BCUT2D eigenvalue weighted by Crippen LogP contribution is 2.30. The Labute approximate surface area is 168 Å². The van der Waals surface area contributed by atoms with Crippen molar-refractivity contribution in [3.63, 3.8) is 0 Å². The van der Waals surface area contributed by atoms with Crippen LogP contribution in [-0.2, 0) is 10.0 Å². The Morgan fingerprint density at radius 1 is 0.966 bits per heavy atom. The fourth-order valence-electron chi connectivity index (χ4n) is 3.21. The molecule has 0 aliphatic heterocycles. The third-order valence-electron chi connectivity index (χ3n) is 4.52. The monoisotopic (exact) mass is 400 g/mol. The minimum absolute atomic E-state index is 0.118. The fourth-order valence-corrected chi connectivity index (χ4v) is 4.61. The van der Waals surface area contributed by atoms with Crippen molar-refractivity contribution in [1.29, 1.82) is 5.26 Å². The van der Waals surface area contributed by atoms with Gasteiger partial charge in [-0.1, -0.05) is 54.6 Å². The lowest BCUT2D eigenvalue weighted by Gasteiger charge is -2.10. The van der Waals surface area contributed by atoms with Crippen LogP contribution in [0, 0.1) is 11.3 Å². The highest BCUT2D eigenvalue weighted by atomic mass is 32.2. The molecule has 1 heterocycles. The molecule has 7 heteroatoms. The van der Waals surface area contributed by atoms with Crippen LogP contribution in [0.3, 0.4) is 0 Å². The first kappa shape index (κ1) is 18.5. The van der Waals surface area contributed by atoms with E-state index in [1.165, 1.54) is 18.2 Å². The number of anilines is 1. The second kappa shape index (κ2) is 7.26. The maximum Gasteiger partial charge on any atom is 0.271 e. The van der Waals surface area contributed by atoms with Crippen molar-refractivity contribution in [3.05, 3.63) is 96.1 Å². The Morgan fingerprint density at radius 2 is 1.62 bits per heavy atom. The summed E-state index contributed by atoms with van der Waals surface area (Å²) < 4.78 is 27.4. The average molecular weight is 400 g/mol. The number of fused-ring (bicyclic) bond motifs is 1. The molecule has 142 valence electrons. The number of nitrogen functional groups attached to an aromatic ring is 1. The van der Waals surface area contributed by atoms with E-state index in [4.69, 9.17) is 5.73 Å². The number of hydrogen-bond acceptors (Lipinski definition) is 5. The van der Waals surface area contributed by atoms with Crippen LogP contribution >= 0.6 is 0 Å². The predicted octanol–water partition coefficient (Wildman–Crippen LogP) is 3.81. The number of nitriles is 1. The molecular weight excluding hydrogens is 384 g/mol. The molecule has 0 aliphatic rings.